The third kappa shape index (κ3) is 4.43. The molecule has 5 rings (SSSR count). The van der Waals surface area contributed by atoms with Gasteiger partial charge in [-0.3, -0.25) is 14.4 Å². The Balaban J connectivity index is 1.56. The number of carbonyl (C=O) groups is 3. The highest BCUT2D eigenvalue weighted by atomic mass is 16.5. The molecule has 216 valence electrons. The molecule has 4 aliphatic rings. The fourth-order valence-electron chi connectivity index (χ4n) is 7.03. The topological polar surface area (TPSA) is 99.6 Å². The highest BCUT2D eigenvalue weighted by molar-refractivity contribution is 6.04. The van der Waals surface area contributed by atoms with Crippen molar-refractivity contribution in [2.75, 3.05) is 44.3 Å². The summed E-state index contributed by atoms with van der Waals surface area (Å²) in [4.78, 5) is 47.7. The first-order chi connectivity index (χ1) is 19.4. The summed E-state index contributed by atoms with van der Waals surface area (Å²) in [5, 5.41) is 9.89. The number of amides is 3. The second-order valence-corrected chi connectivity index (χ2v) is 11.0. The van der Waals surface area contributed by atoms with Crippen molar-refractivity contribution in [3.05, 3.63) is 48.6 Å². The standard InChI is InChI=1S/C31H41N3O6/c1-4-7-8-17-32-18-10-16-31-25(28(37)34(20-21-35)26(31)29(32)38)24-27(36)33(19-9-15-30(24,5-2)40-31)22-11-13-23(14-12-22)39-6-3/h9-16,24-26,35H,4-8,17-21H2,1-3H3/t24-,25+,26?,30+,31+/m1/s1. The zero-order chi connectivity index (χ0) is 28.5. The van der Waals surface area contributed by atoms with Crippen molar-refractivity contribution in [1.29, 1.82) is 0 Å². The number of ether oxygens (including phenoxy) is 2. The van der Waals surface area contributed by atoms with E-state index in [-0.39, 0.29) is 30.9 Å². The van der Waals surface area contributed by atoms with Gasteiger partial charge in [-0.25, -0.2) is 0 Å². The summed E-state index contributed by atoms with van der Waals surface area (Å²) < 4.78 is 12.5. The fourth-order valence-corrected chi connectivity index (χ4v) is 7.03. The van der Waals surface area contributed by atoms with Gasteiger partial charge >= 0.3 is 0 Å². The van der Waals surface area contributed by atoms with E-state index in [2.05, 4.69) is 6.92 Å². The van der Waals surface area contributed by atoms with E-state index in [4.69, 9.17) is 9.47 Å². The number of hydrogen-bond donors (Lipinski definition) is 1. The maximum absolute atomic E-state index is 14.5. The van der Waals surface area contributed by atoms with E-state index in [0.29, 0.717) is 44.1 Å². The molecule has 1 aromatic carbocycles. The monoisotopic (exact) mass is 551 g/mol. The minimum atomic E-state index is -1.30. The van der Waals surface area contributed by atoms with Gasteiger partial charge in [0.05, 0.1) is 30.7 Å². The lowest BCUT2D eigenvalue weighted by molar-refractivity contribution is -0.152. The first-order valence-electron chi connectivity index (χ1n) is 14.7. The molecule has 0 bridgehead atoms. The molecule has 4 aliphatic heterocycles. The van der Waals surface area contributed by atoms with Gasteiger partial charge in [0, 0.05) is 31.9 Å². The number of aliphatic hydroxyl groups is 1. The Bertz CT molecular complexity index is 1180. The Morgan fingerprint density at radius 2 is 1.68 bits per heavy atom. The Labute approximate surface area is 236 Å². The summed E-state index contributed by atoms with van der Waals surface area (Å²) in [5.41, 5.74) is -1.64. The summed E-state index contributed by atoms with van der Waals surface area (Å²) in [7, 11) is 0. The number of β-amino-alcohol motifs (C(OH)–C–C–N with tert-alkyl or cyclic N) is 1. The van der Waals surface area contributed by atoms with Crippen LogP contribution in [0.1, 0.15) is 46.5 Å². The number of aliphatic hydroxyl groups excluding tert-OH is 1. The van der Waals surface area contributed by atoms with E-state index in [1.54, 1.807) is 9.80 Å². The van der Waals surface area contributed by atoms with Gasteiger partial charge in [-0.15, -0.1) is 0 Å². The molecule has 1 N–H and O–H groups in total. The molecule has 5 atom stereocenters. The molecule has 0 radical (unpaired) electrons. The lowest BCUT2D eigenvalue weighted by atomic mass is 9.73. The Morgan fingerprint density at radius 1 is 0.925 bits per heavy atom. The zero-order valence-corrected chi connectivity index (χ0v) is 23.8. The second kappa shape index (κ2) is 11.4. The van der Waals surface area contributed by atoms with E-state index < -0.39 is 29.1 Å². The van der Waals surface area contributed by atoms with Crippen molar-refractivity contribution in [2.24, 2.45) is 11.8 Å². The third-order valence-electron chi connectivity index (χ3n) is 8.86. The van der Waals surface area contributed by atoms with Crippen LogP contribution in [0.3, 0.4) is 0 Å². The largest absolute Gasteiger partial charge is 0.494 e. The van der Waals surface area contributed by atoms with Gasteiger partial charge in [-0.1, -0.05) is 51.0 Å². The molecule has 0 saturated carbocycles. The molecule has 1 spiro atoms. The summed E-state index contributed by atoms with van der Waals surface area (Å²) in [5.74, 6) is -1.71. The van der Waals surface area contributed by atoms with Crippen LogP contribution in [0.2, 0.25) is 0 Å². The van der Waals surface area contributed by atoms with Gasteiger partial charge in [0.25, 0.3) is 0 Å². The molecule has 4 heterocycles. The Morgan fingerprint density at radius 3 is 2.35 bits per heavy atom. The Kier molecular flexibility index (Phi) is 8.06. The lowest BCUT2D eigenvalue weighted by Gasteiger charge is -2.38. The summed E-state index contributed by atoms with van der Waals surface area (Å²) in [6.45, 7) is 7.60. The van der Waals surface area contributed by atoms with E-state index >= 15 is 0 Å². The van der Waals surface area contributed by atoms with Crippen LogP contribution in [0.4, 0.5) is 5.69 Å². The quantitative estimate of drug-likeness (QED) is 0.355. The number of likely N-dealkylation sites (tertiary alicyclic amines) is 1. The molecule has 2 saturated heterocycles. The fraction of sp³-hybridized carbons (Fsp3) is 0.581. The average molecular weight is 552 g/mol. The van der Waals surface area contributed by atoms with E-state index in [0.717, 1.165) is 19.3 Å². The number of unbranched alkanes of at least 4 members (excludes halogenated alkanes) is 2. The molecule has 40 heavy (non-hydrogen) atoms. The average Bonchev–Trinajstić information content (AvgIpc) is 3.24. The van der Waals surface area contributed by atoms with Crippen LogP contribution in [-0.2, 0) is 19.1 Å². The SMILES string of the molecule is CCCCCN1CC=C[C@]23O[C@@]4(CC)C=CCN(c5ccc(OCC)cc5)C(=O)[C@H]4[C@H]2C(=O)N(CCO)C3C1=O. The van der Waals surface area contributed by atoms with Crippen LogP contribution in [0.5, 0.6) is 5.75 Å². The van der Waals surface area contributed by atoms with Crippen molar-refractivity contribution < 1.29 is 29.0 Å². The van der Waals surface area contributed by atoms with Gasteiger partial charge in [-0.05, 0) is 44.0 Å². The zero-order valence-electron chi connectivity index (χ0n) is 23.8. The van der Waals surface area contributed by atoms with Crippen molar-refractivity contribution in [1.82, 2.24) is 9.80 Å². The Hall–Kier alpha value is -3.17. The molecule has 1 unspecified atom stereocenters. The predicted octanol–water partition coefficient (Wildman–Crippen LogP) is 2.93. The summed E-state index contributed by atoms with van der Waals surface area (Å²) in [6.07, 6.45) is 11.0. The van der Waals surface area contributed by atoms with Crippen LogP contribution in [-0.4, -0.2) is 89.3 Å². The molecule has 0 aromatic heterocycles. The van der Waals surface area contributed by atoms with Crippen LogP contribution in [0.15, 0.2) is 48.6 Å². The molecule has 1 aromatic rings. The maximum Gasteiger partial charge on any atom is 0.249 e. The van der Waals surface area contributed by atoms with E-state index in [1.165, 1.54) is 4.90 Å². The third-order valence-corrected chi connectivity index (χ3v) is 8.86. The number of hydrogen-bond acceptors (Lipinski definition) is 6. The molecular formula is C31H41N3O6. The van der Waals surface area contributed by atoms with Crippen LogP contribution in [0.25, 0.3) is 0 Å². The molecule has 2 fully saturated rings. The minimum Gasteiger partial charge on any atom is -0.494 e. The van der Waals surface area contributed by atoms with Gasteiger partial charge in [-0.2, -0.15) is 0 Å². The first kappa shape index (κ1) is 28.4. The van der Waals surface area contributed by atoms with Gasteiger partial charge in [0.15, 0.2) is 0 Å². The predicted molar refractivity (Wildman–Crippen MR) is 151 cm³/mol. The summed E-state index contributed by atoms with van der Waals surface area (Å²) in [6, 6.07) is 6.43. The number of benzene rings is 1. The lowest BCUT2D eigenvalue weighted by Crippen LogP contribution is -2.56. The van der Waals surface area contributed by atoms with Gasteiger partial charge < -0.3 is 29.3 Å². The minimum absolute atomic E-state index is 0.00592. The molecule has 3 amide bonds. The van der Waals surface area contributed by atoms with Crippen molar-refractivity contribution in [3.63, 3.8) is 0 Å². The number of anilines is 1. The highest BCUT2D eigenvalue weighted by Gasteiger charge is 2.75. The highest BCUT2D eigenvalue weighted by Crippen LogP contribution is 2.58. The van der Waals surface area contributed by atoms with Gasteiger partial charge in [0.1, 0.15) is 17.4 Å². The summed E-state index contributed by atoms with van der Waals surface area (Å²) >= 11 is 0. The number of fused-ring (bicyclic) bond motifs is 2. The molecule has 0 aliphatic carbocycles. The number of carbonyl (C=O) groups excluding carboxylic acids is 3. The van der Waals surface area contributed by atoms with Crippen LogP contribution in [0, 0.1) is 11.8 Å². The maximum atomic E-state index is 14.5. The van der Waals surface area contributed by atoms with Crippen LogP contribution >= 0.6 is 0 Å². The smallest absolute Gasteiger partial charge is 0.249 e. The molecule has 9 heteroatoms. The normalized spacial score (nSPS) is 31.2. The van der Waals surface area contributed by atoms with Gasteiger partial charge in [0.2, 0.25) is 17.7 Å². The van der Waals surface area contributed by atoms with Crippen molar-refractivity contribution >= 4 is 23.4 Å². The van der Waals surface area contributed by atoms with E-state index in [9.17, 15) is 19.5 Å². The van der Waals surface area contributed by atoms with Crippen molar-refractivity contribution in [2.45, 2.75) is 63.7 Å². The van der Waals surface area contributed by atoms with Crippen molar-refractivity contribution in [3.8, 4) is 5.75 Å². The molecular weight excluding hydrogens is 510 g/mol. The first-order valence-corrected chi connectivity index (χ1v) is 14.7. The number of nitrogens with zero attached hydrogens (tertiary/aromatic N) is 3. The van der Waals surface area contributed by atoms with E-state index in [1.807, 2.05) is 62.4 Å². The molecule has 9 nitrogen and oxygen atoms in total. The number of rotatable bonds is 10. The van der Waals surface area contributed by atoms with Crippen LogP contribution < -0.4 is 9.64 Å². The second-order valence-electron chi connectivity index (χ2n) is 11.0.